The Hall–Kier alpha value is -1.41. The lowest BCUT2D eigenvalue weighted by atomic mass is 10.3. The second kappa shape index (κ2) is 4.62. The Balaban J connectivity index is 3.08. The molecule has 0 radical (unpaired) electrons. The average Bonchev–Trinajstić information content (AvgIpc) is 2.65. The molecule has 0 aliphatic rings. The average molecular weight is 247 g/mol. The van der Waals surface area contributed by atoms with E-state index in [2.05, 4.69) is 14.9 Å². The van der Waals surface area contributed by atoms with Gasteiger partial charge in [0.1, 0.15) is 5.56 Å². The number of aromatic carboxylic acids is 1. The van der Waals surface area contributed by atoms with Gasteiger partial charge in [-0.1, -0.05) is 6.92 Å². The fraction of sp³-hybridized carbons (Fsp3) is 0.500. The lowest BCUT2D eigenvalue weighted by Gasteiger charge is -2.10. The van der Waals surface area contributed by atoms with Crippen molar-refractivity contribution < 1.29 is 18.3 Å². The summed E-state index contributed by atoms with van der Waals surface area (Å²) in [6, 6.07) is -0.269. The zero-order chi connectivity index (χ0) is 12.3. The van der Waals surface area contributed by atoms with E-state index in [1.165, 1.54) is 0 Å². The van der Waals surface area contributed by atoms with E-state index in [-0.39, 0.29) is 11.6 Å². The molecule has 1 unspecified atom stereocenters. The first-order valence-corrected chi connectivity index (χ1v) is 6.15. The third-order valence-electron chi connectivity index (χ3n) is 2.07. The molecule has 1 aromatic rings. The van der Waals surface area contributed by atoms with Gasteiger partial charge < -0.3 is 5.11 Å². The maximum absolute atomic E-state index is 11.7. The van der Waals surface area contributed by atoms with Crippen molar-refractivity contribution in [3.8, 4) is 0 Å². The van der Waals surface area contributed by atoms with Gasteiger partial charge in [0, 0.05) is 6.04 Å². The van der Waals surface area contributed by atoms with Crippen LogP contribution in [0.3, 0.4) is 0 Å². The topological polar surface area (TPSA) is 112 Å². The van der Waals surface area contributed by atoms with Gasteiger partial charge in [-0.25, -0.2) is 17.9 Å². The first-order valence-electron chi connectivity index (χ1n) is 4.67. The molecule has 3 N–H and O–H groups in total. The van der Waals surface area contributed by atoms with Gasteiger partial charge in [-0.2, -0.15) is 5.10 Å². The predicted octanol–water partition coefficient (Wildman–Crippen LogP) is 0.185. The van der Waals surface area contributed by atoms with E-state index in [0.717, 1.165) is 6.20 Å². The van der Waals surface area contributed by atoms with Crippen molar-refractivity contribution in [1.82, 2.24) is 14.9 Å². The zero-order valence-corrected chi connectivity index (χ0v) is 9.71. The Morgan fingerprint density at radius 1 is 1.69 bits per heavy atom. The molecule has 1 heterocycles. The molecule has 0 fully saturated rings. The van der Waals surface area contributed by atoms with Crippen LogP contribution in [0.2, 0.25) is 0 Å². The van der Waals surface area contributed by atoms with Gasteiger partial charge in [0.15, 0.2) is 5.03 Å². The van der Waals surface area contributed by atoms with Crippen LogP contribution in [0, 0.1) is 0 Å². The minimum atomic E-state index is -3.85. The van der Waals surface area contributed by atoms with Crippen molar-refractivity contribution >= 4 is 16.0 Å². The second-order valence-electron chi connectivity index (χ2n) is 3.35. The summed E-state index contributed by atoms with van der Waals surface area (Å²) in [5, 5.41) is 13.9. The Kier molecular flexibility index (Phi) is 3.66. The molecule has 0 saturated carbocycles. The van der Waals surface area contributed by atoms with Gasteiger partial charge in [-0.05, 0) is 13.3 Å². The van der Waals surface area contributed by atoms with Crippen LogP contribution in [-0.4, -0.2) is 35.7 Å². The number of H-pyrrole nitrogens is 1. The van der Waals surface area contributed by atoms with Gasteiger partial charge in [0.25, 0.3) is 10.0 Å². The Morgan fingerprint density at radius 2 is 2.31 bits per heavy atom. The molecule has 16 heavy (non-hydrogen) atoms. The summed E-state index contributed by atoms with van der Waals surface area (Å²) in [5.41, 5.74) is -0.365. The zero-order valence-electron chi connectivity index (χ0n) is 8.89. The highest BCUT2D eigenvalue weighted by molar-refractivity contribution is 7.89. The van der Waals surface area contributed by atoms with Crippen LogP contribution in [-0.2, 0) is 10.0 Å². The quantitative estimate of drug-likeness (QED) is 0.687. The molecular weight excluding hydrogens is 234 g/mol. The van der Waals surface area contributed by atoms with E-state index in [9.17, 15) is 13.2 Å². The summed E-state index contributed by atoms with van der Waals surface area (Å²) in [5.74, 6) is -1.33. The lowest BCUT2D eigenvalue weighted by molar-refractivity contribution is 0.0692. The number of hydrogen-bond acceptors (Lipinski definition) is 4. The van der Waals surface area contributed by atoms with Crippen molar-refractivity contribution in [2.24, 2.45) is 0 Å². The van der Waals surface area contributed by atoms with Crippen LogP contribution in [0.25, 0.3) is 0 Å². The fourth-order valence-corrected chi connectivity index (χ4v) is 2.46. The van der Waals surface area contributed by atoms with Gasteiger partial charge in [0.2, 0.25) is 0 Å². The summed E-state index contributed by atoms with van der Waals surface area (Å²) in [6.45, 7) is 3.51. The highest BCUT2D eigenvalue weighted by Gasteiger charge is 2.25. The number of aromatic amines is 1. The molecule has 1 aromatic heterocycles. The number of sulfonamides is 1. The van der Waals surface area contributed by atoms with Gasteiger partial charge in [-0.3, -0.25) is 5.10 Å². The number of carboxylic acids is 1. The normalized spacial score (nSPS) is 13.6. The maximum atomic E-state index is 11.7. The number of aromatic nitrogens is 2. The summed E-state index contributed by atoms with van der Waals surface area (Å²) in [4.78, 5) is 10.7. The molecule has 0 aromatic carbocycles. The van der Waals surface area contributed by atoms with E-state index in [0.29, 0.717) is 6.42 Å². The standard InChI is InChI=1S/C8H13N3O4S/c1-3-5(2)11-16(14,15)7-6(8(12)13)4-9-10-7/h4-5,11H,3H2,1-2H3,(H,9,10)(H,12,13). The second-order valence-corrected chi connectivity index (χ2v) is 5.00. The van der Waals surface area contributed by atoms with Crippen molar-refractivity contribution in [3.63, 3.8) is 0 Å². The summed E-state index contributed by atoms with van der Waals surface area (Å²) >= 11 is 0. The molecule has 0 aliphatic heterocycles. The first-order chi connectivity index (χ1) is 7.38. The smallest absolute Gasteiger partial charge is 0.340 e. The van der Waals surface area contributed by atoms with Crippen molar-refractivity contribution in [2.75, 3.05) is 0 Å². The molecule has 1 rings (SSSR count). The molecule has 90 valence electrons. The van der Waals surface area contributed by atoms with Crippen LogP contribution < -0.4 is 4.72 Å². The summed E-state index contributed by atoms with van der Waals surface area (Å²) < 4.78 is 25.8. The van der Waals surface area contributed by atoms with E-state index >= 15 is 0 Å². The van der Waals surface area contributed by atoms with Gasteiger partial charge >= 0.3 is 5.97 Å². The van der Waals surface area contributed by atoms with Crippen LogP contribution >= 0.6 is 0 Å². The molecule has 8 heteroatoms. The van der Waals surface area contributed by atoms with Crippen molar-refractivity contribution in [3.05, 3.63) is 11.8 Å². The van der Waals surface area contributed by atoms with E-state index < -0.39 is 21.0 Å². The molecule has 0 spiro atoms. The number of hydrogen-bond donors (Lipinski definition) is 3. The molecule has 0 saturated heterocycles. The fourth-order valence-electron chi connectivity index (χ4n) is 1.04. The highest BCUT2D eigenvalue weighted by atomic mass is 32.2. The lowest BCUT2D eigenvalue weighted by Crippen LogP contribution is -2.33. The minimum absolute atomic E-state index is 0.269. The Labute approximate surface area is 92.9 Å². The minimum Gasteiger partial charge on any atom is -0.478 e. The number of nitrogens with zero attached hydrogens (tertiary/aromatic N) is 1. The predicted molar refractivity (Wildman–Crippen MR) is 55.6 cm³/mol. The molecular formula is C8H13N3O4S. The monoisotopic (exact) mass is 247 g/mol. The molecule has 7 nitrogen and oxygen atoms in total. The van der Waals surface area contributed by atoms with Gasteiger partial charge in [-0.15, -0.1) is 0 Å². The third kappa shape index (κ3) is 2.58. The maximum Gasteiger partial charge on any atom is 0.340 e. The van der Waals surface area contributed by atoms with Crippen LogP contribution in [0.5, 0.6) is 0 Å². The largest absolute Gasteiger partial charge is 0.478 e. The molecule has 0 bridgehead atoms. The first kappa shape index (κ1) is 12.7. The Bertz CT molecular complexity index is 479. The third-order valence-corrected chi connectivity index (χ3v) is 3.63. The molecule has 1 atom stereocenters. The number of carbonyl (C=O) groups is 1. The van der Waals surface area contributed by atoms with Crippen LogP contribution in [0.4, 0.5) is 0 Å². The van der Waals surface area contributed by atoms with Gasteiger partial charge in [0.05, 0.1) is 6.20 Å². The van der Waals surface area contributed by atoms with E-state index in [4.69, 9.17) is 5.11 Å². The van der Waals surface area contributed by atoms with E-state index in [1.54, 1.807) is 6.92 Å². The SMILES string of the molecule is CCC(C)NS(=O)(=O)c1[nH]ncc1C(=O)O. The molecule has 0 aliphatic carbocycles. The van der Waals surface area contributed by atoms with Crippen molar-refractivity contribution in [2.45, 2.75) is 31.3 Å². The van der Waals surface area contributed by atoms with E-state index in [1.807, 2.05) is 6.92 Å². The number of rotatable bonds is 5. The highest BCUT2D eigenvalue weighted by Crippen LogP contribution is 2.12. The van der Waals surface area contributed by atoms with Crippen LogP contribution in [0.15, 0.2) is 11.2 Å². The summed E-state index contributed by atoms with van der Waals surface area (Å²) in [6.07, 6.45) is 1.57. The van der Waals surface area contributed by atoms with Crippen LogP contribution in [0.1, 0.15) is 30.6 Å². The number of carboxylic acid groups (broad SMARTS) is 1. The summed E-state index contributed by atoms with van der Waals surface area (Å²) in [7, 11) is -3.85. The molecule has 0 amide bonds. The Morgan fingerprint density at radius 3 is 2.81 bits per heavy atom. The number of nitrogens with one attached hydrogen (secondary N) is 2. The van der Waals surface area contributed by atoms with Crippen molar-refractivity contribution in [1.29, 1.82) is 0 Å².